The third-order valence-electron chi connectivity index (χ3n) is 0.889. The zero-order valence-corrected chi connectivity index (χ0v) is 6.19. The first kappa shape index (κ1) is 9.83. The lowest BCUT2D eigenvalue weighted by molar-refractivity contribution is 0.0990. The van der Waals surface area contributed by atoms with E-state index in [0.717, 1.165) is 0 Å². The van der Waals surface area contributed by atoms with E-state index in [1.807, 2.05) is 0 Å². The van der Waals surface area contributed by atoms with E-state index in [2.05, 4.69) is 10.0 Å². The SMILES string of the molecule is CCOC(=O)N(CCO)N=O. The van der Waals surface area contributed by atoms with Gasteiger partial charge in [0.1, 0.15) is 0 Å². The highest BCUT2D eigenvalue weighted by molar-refractivity contribution is 5.66. The number of nitrogens with zero attached hydrogens (tertiary/aromatic N) is 2. The zero-order valence-electron chi connectivity index (χ0n) is 6.19. The number of aliphatic hydroxyl groups is 1. The Morgan fingerprint density at radius 3 is 2.73 bits per heavy atom. The Morgan fingerprint density at radius 2 is 2.36 bits per heavy atom. The molecule has 0 bridgehead atoms. The van der Waals surface area contributed by atoms with Crippen LogP contribution in [0.4, 0.5) is 4.79 Å². The Hall–Kier alpha value is -1.17. The molecule has 1 amide bonds. The maximum atomic E-state index is 10.7. The molecule has 0 aliphatic carbocycles. The van der Waals surface area contributed by atoms with Crippen molar-refractivity contribution in [1.29, 1.82) is 0 Å². The van der Waals surface area contributed by atoms with Gasteiger partial charge >= 0.3 is 6.09 Å². The molecule has 0 rings (SSSR count). The summed E-state index contributed by atoms with van der Waals surface area (Å²) in [5.74, 6) is 0. The number of hydrogen-bond acceptors (Lipinski definition) is 5. The smallest absolute Gasteiger partial charge is 0.433 e. The van der Waals surface area contributed by atoms with Gasteiger partial charge in [0.05, 0.1) is 25.0 Å². The molecule has 0 unspecified atom stereocenters. The molecule has 0 atom stereocenters. The normalized spacial score (nSPS) is 8.91. The molecule has 0 saturated heterocycles. The molecule has 11 heavy (non-hydrogen) atoms. The van der Waals surface area contributed by atoms with Gasteiger partial charge in [-0.3, -0.25) is 0 Å². The molecular weight excluding hydrogens is 152 g/mol. The lowest BCUT2D eigenvalue weighted by Crippen LogP contribution is -2.28. The van der Waals surface area contributed by atoms with Crippen molar-refractivity contribution in [1.82, 2.24) is 5.01 Å². The minimum absolute atomic E-state index is 0.137. The van der Waals surface area contributed by atoms with Gasteiger partial charge in [0.15, 0.2) is 0 Å². The molecule has 6 nitrogen and oxygen atoms in total. The maximum Gasteiger partial charge on any atom is 0.433 e. The van der Waals surface area contributed by atoms with E-state index in [4.69, 9.17) is 5.11 Å². The van der Waals surface area contributed by atoms with Gasteiger partial charge in [-0.1, -0.05) is 0 Å². The van der Waals surface area contributed by atoms with E-state index in [0.29, 0.717) is 5.01 Å². The predicted molar refractivity (Wildman–Crippen MR) is 36.6 cm³/mol. The highest BCUT2D eigenvalue weighted by atomic mass is 16.6. The summed E-state index contributed by atoms with van der Waals surface area (Å²) < 4.78 is 4.43. The largest absolute Gasteiger partial charge is 0.448 e. The van der Waals surface area contributed by atoms with Crippen LogP contribution in [0.2, 0.25) is 0 Å². The Bertz CT molecular complexity index is 138. The van der Waals surface area contributed by atoms with E-state index < -0.39 is 6.09 Å². The van der Waals surface area contributed by atoms with Crippen molar-refractivity contribution in [3.05, 3.63) is 4.91 Å². The van der Waals surface area contributed by atoms with Crippen LogP contribution in [0.25, 0.3) is 0 Å². The molecular formula is C5H10N2O4. The van der Waals surface area contributed by atoms with Crippen molar-refractivity contribution in [3.63, 3.8) is 0 Å². The van der Waals surface area contributed by atoms with Gasteiger partial charge in [0.25, 0.3) is 0 Å². The molecule has 0 aliphatic rings. The first-order valence-electron chi connectivity index (χ1n) is 3.14. The van der Waals surface area contributed by atoms with Crippen molar-refractivity contribution in [2.75, 3.05) is 19.8 Å². The summed E-state index contributed by atoms with van der Waals surface area (Å²) in [6.07, 6.45) is -0.837. The van der Waals surface area contributed by atoms with Crippen LogP contribution in [0, 0.1) is 4.91 Å². The Kier molecular flexibility index (Phi) is 5.01. The van der Waals surface area contributed by atoms with Gasteiger partial charge < -0.3 is 9.84 Å². The van der Waals surface area contributed by atoms with Crippen LogP contribution in [-0.4, -0.2) is 36.0 Å². The molecule has 0 saturated carbocycles. The highest BCUT2D eigenvalue weighted by Gasteiger charge is 2.13. The highest BCUT2D eigenvalue weighted by Crippen LogP contribution is 1.93. The second-order valence-corrected chi connectivity index (χ2v) is 1.63. The van der Waals surface area contributed by atoms with Gasteiger partial charge in [-0.05, 0) is 6.92 Å². The molecule has 0 fully saturated rings. The summed E-state index contributed by atoms with van der Waals surface area (Å²) in [7, 11) is 0. The van der Waals surface area contributed by atoms with Gasteiger partial charge in [0, 0.05) is 0 Å². The van der Waals surface area contributed by atoms with Crippen LogP contribution in [0.1, 0.15) is 6.92 Å². The van der Waals surface area contributed by atoms with E-state index >= 15 is 0 Å². The molecule has 64 valence electrons. The van der Waals surface area contributed by atoms with E-state index in [1.165, 1.54) is 0 Å². The standard InChI is InChI=1S/C5H10N2O4/c1-2-11-5(9)7(6-10)3-4-8/h8H,2-4H2,1H3. The number of aliphatic hydroxyl groups excluding tert-OH is 1. The Labute approximate surface area is 63.7 Å². The minimum atomic E-state index is -0.837. The lowest BCUT2D eigenvalue weighted by Gasteiger charge is -2.09. The summed E-state index contributed by atoms with van der Waals surface area (Å²) in [4.78, 5) is 20.5. The van der Waals surface area contributed by atoms with Crippen LogP contribution in [0.3, 0.4) is 0 Å². The van der Waals surface area contributed by atoms with Crippen molar-refractivity contribution >= 4 is 6.09 Å². The number of rotatable bonds is 4. The molecule has 0 radical (unpaired) electrons. The molecule has 6 heteroatoms. The molecule has 0 heterocycles. The Balaban J connectivity index is 3.81. The first-order chi connectivity index (χ1) is 5.26. The van der Waals surface area contributed by atoms with Crippen LogP contribution < -0.4 is 0 Å². The van der Waals surface area contributed by atoms with Crippen LogP contribution in [0.15, 0.2) is 5.29 Å². The zero-order chi connectivity index (χ0) is 8.69. The maximum absolute atomic E-state index is 10.7. The van der Waals surface area contributed by atoms with Gasteiger partial charge in [0.2, 0.25) is 0 Å². The van der Waals surface area contributed by atoms with Crippen molar-refractivity contribution in [2.45, 2.75) is 6.92 Å². The van der Waals surface area contributed by atoms with Crippen LogP contribution >= 0.6 is 0 Å². The average molecular weight is 162 g/mol. The van der Waals surface area contributed by atoms with Crippen LogP contribution in [-0.2, 0) is 4.74 Å². The van der Waals surface area contributed by atoms with Gasteiger partial charge in [-0.2, -0.15) is 5.01 Å². The quantitative estimate of drug-likeness (QED) is 0.470. The number of nitroso groups, excluding NO2 is 1. The fourth-order valence-electron chi connectivity index (χ4n) is 0.458. The molecule has 0 aromatic carbocycles. The monoisotopic (exact) mass is 162 g/mol. The van der Waals surface area contributed by atoms with E-state index in [1.54, 1.807) is 6.92 Å². The minimum Gasteiger partial charge on any atom is -0.448 e. The number of carbonyl (C=O) groups excluding carboxylic acids is 1. The summed E-state index contributed by atoms with van der Waals surface area (Å²) in [6.45, 7) is 1.34. The van der Waals surface area contributed by atoms with Crippen LogP contribution in [0.5, 0.6) is 0 Å². The predicted octanol–water partition coefficient (Wildman–Crippen LogP) is 0.119. The first-order valence-corrected chi connectivity index (χ1v) is 3.14. The summed E-state index contributed by atoms with van der Waals surface area (Å²) in [5.41, 5.74) is 0. The second kappa shape index (κ2) is 5.60. The van der Waals surface area contributed by atoms with Gasteiger partial charge in [-0.15, -0.1) is 4.91 Å². The third kappa shape index (κ3) is 3.51. The van der Waals surface area contributed by atoms with E-state index in [-0.39, 0.29) is 19.8 Å². The molecule has 0 aromatic rings. The fourth-order valence-corrected chi connectivity index (χ4v) is 0.458. The topological polar surface area (TPSA) is 79.2 Å². The average Bonchev–Trinajstić information content (AvgIpc) is 2.00. The Morgan fingerprint density at radius 1 is 1.73 bits per heavy atom. The number of amides is 1. The number of hydrogen-bond donors (Lipinski definition) is 1. The summed E-state index contributed by atoms with van der Waals surface area (Å²) in [6, 6.07) is 0. The van der Waals surface area contributed by atoms with E-state index in [9.17, 15) is 9.70 Å². The fraction of sp³-hybridized carbons (Fsp3) is 0.800. The van der Waals surface area contributed by atoms with Crippen molar-refractivity contribution in [2.24, 2.45) is 5.29 Å². The molecule has 0 aliphatic heterocycles. The second-order valence-electron chi connectivity index (χ2n) is 1.63. The third-order valence-corrected chi connectivity index (χ3v) is 0.889. The molecule has 1 N–H and O–H groups in total. The van der Waals surface area contributed by atoms with Crippen molar-refractivity contribution in [3.8, 4) is 0 Å². The number of ether oxygens (including phenoxy) is 1. The lowest BCUT2D eigenvalue weighted by atomic mass is 10.7. The summed E-state index contributed by atoms with van der Waals surface area (Å²) >= 11 is 0. The molecule has 0 spiro atoms. The van der Waals surface area contributed by atoms with Crippen molar-refractivity contribution < 1.29 is 14.6 Å². The molecule has 0 aromatic heterocycles. The van der Waals surface area contributed by atoms with Gasteiger partial charge in [-0.25, -0.2) is 4.79 Å². The number of carbonyl (C=O) groups is 1. The summed E-state index contributed by atoms with van der Waals surface area (Å²) in [5, 5.41) is 11.2.